The predicted molar refractivity (Wildman–Crippen MR) is 61.1 cm³/mol. The van der Waals surface area contributed by atoms with Gasteiger partial charge in [-0.3, -0.25) is 4.79 Å². The second kappa shape index (κ2) is 5.61. The first-order valence-electron chi connectivity index (χ1n) is 5.74. The van der Waals surface area contributed by atoms with Crippen molar-refractivity contribution in [1.29, 1.82) is 0 Å². The molecule has 1 heterocycles. The van der Waals surface area contributed by atoms with E-state index in [4.69, 9.17) is 9.84 Å². The largest absolute Gasteiger partial charge is 0.394 e. The molecule has 5 nitrogen and oxygen atoms in total. The fourth-order valence-electron chi connectivity index (χ4n) is 1.74. The Hall–Kier alpha value is -0.650. The van der Waals surface area contributed by atoms with Crippen molar-refractivity contribution >= 4 is 5.91 Å². The highest BCUT2D eigenvalue weighted by atomic mass is 16.5. The van der Waals surface area contributed by atoms with Gasteiger partial charge in [-0.2, -0.15) is 0 Å². The molecule has 0 spiro atoms. The minimum Gasteiger partial charge on any atom is -0.394 e. The number of carbonyl (C=O) groups excluding carboxylic acids is 1. The zero-order valence-electron chi connectivity index (χ0n) is 10.2. The van der Waals surface area contributed by atoms with Crippen molar-refractivity contribution in [2.75, 3.05) is 26.4 Å². The lowest BCUT2D eigenvalue weighted by Crippen LogP contribution is -2.52. The number of aliphatic hydroxyl groups is 1. The number of carbonyl (C=O) groups is 1. The number of likely N-dealkylation sites (N-methyl/N-ethyl adjacent to an activating group) is 1. The van der Waals surface area contributed by atoms with E-state index in [0.29, 0.717) is 13.2 Å². The highest BCUT2D eigenvalue weighted by molar-refractivity contribution is 5.80. The van der Waals surface area contributed by atoms with Gasteiger partial charge >= 0.3 is 0 Å². The second-order valence-electron chi connectivity index (χ2n) is 4.84. The Morgan fingerprint density at radius 3 is 2.75 bits per heavy atom. The van der Waals surface area contributed by atoms with E-state index in [1.165, 1.54) is 0 Å². The summed E-state index contributed by atoms with van der Waals surface area (Å²) in [6.45, 7) is 7.37. The third-order valence-corrected chi connectivity index (χ3v) is 2.74. The lowest BCUT2D eigenvalue weighted by molar-refractivity contribution is -0.127. The number of rotatable bonds is 5. The van der Waals surface area contributed by atoms with Crippen LogP contribution in [-0.2, 0) is 9.53 Å². The second-order valence-corrected chi connectivity index (χ2v) is 4.84. The van der Waals surface area contributed by atoms with Gasteiger partial charge in [0.15, 0.2) is 0 Å². The molecule has 2 atom stereocenters. The molecule has 1 fully saturated rings. The standard InChI is InChI=1S/C11H22N2O3/c1-4-12-9-6-16-5-8(9)10(15)13-11(2,3)7-14/h8-9,12,14H,4-7H2,1-3H3,(H,13,15). The topological polar surface area (TPSA) is 70.6 Å². The van der Waals surface area contributed by atoms with Gasteiger partial charge in [0, 0.05) is 6.04 Å². The average Bonchev–Trinajstić information content (AvgIpc) is 2.66. The van der Waals surface area contributed by atoms with Gasteiger partial charge in [-0.1, -0.05) is 6.92 Å². The molecule has 0 aliphatic carbocycles. The van der Waals surface area contributed by atoms with Crippen molar-refractivity contribution in [3.63, 3.8) is 0 Å². The predicted octanol–water partition coefficient (Wildman–Crippen LogP) is -0.502. The SMILES string of the molecule is CCNC1COCC1C(=O)NC(C)(C)CO. The van der Waals surface area contributed by atoms with Gasteiger partial charge in [0.2, 0.25) is 5.91 Å². The summed E-state index contributed by atoms with van der Waals surface area (Å²) in [4.78, 5) is 12.0. The van der Waals surface area contributed by atoms with Gasteiger partial charge in [-0.15, -0.1) is 0 Å². The number of hydrogen-bond acceptors (Lipinski definition) is 4. The molecule has 1 saturated heterocycles. The molecule has 5 heteroatoms. The van der Waals surface area contributed by atoms with Gasteiger partial charge < -0.3 is 20.5 Å². The Morgan fingerprint density at radius 2 is 2.19 bits per heavy atom. The van der Waals surface area contributed by atoms with Crippen LogP contribution in [0.4, 0.5) is 0 Å². The van der Waals surface area contributed by atoms with E-state index in [0.717, 1.165) is 6.54 Å². The Kier molecular flexibility index (Phi) is 4.70. The Morgan fingerprint density at radius 1 is 1.50 bits per heavy atom. The molecule has 94 valence electrons. The molecule has 0 aromatic carbocycles. The van der Waals surface area contributed by atoms with Crippen LogP contribution in [0.2, 0.25) is 0 Å². The van der Waals surface area contributed by atoms with Gasteiger partial charge in [-0.25, -0.2) is 0 Å². The number of hydrogen-bond donors (Lipinski definition) is 3. The van der Waals surface area contributed by atoms with Crippen LogP contribution in [0.15, 0.2) is 0 Å². The van der Waals surface area contributed by atoms with Crippen molar-refractivity contribution in [3.8, 4) is 0 Å². The summed E-state index contributed by atoms with van der Waals surface area (Å²) < 4.78 is 5.31. The first-order valence-corrected chi connectivity index (χ1v) is 5.74. The van der Waals surface area contributed by atoms with E-state index in [9.17, 15) is 4.79 Å². The summed E-state index contributed by atoms with van der Waals surface area (Å²) in [5, 5.41) is 15.2. The zero-order chi connectivity index (χ0) is 12.2. The van der Waals surface area contributed by atoms with Crippen LogP contribution in [-0.4, -0.2) is 49.0 Å². The quantitative estimate of drug-likeness (QED) is 0.595. The van der Waals surface area contributed by atoms with Crippen molar-refractivity contribution in [2.24, 2.45) is 5.92 Å². The fraction of sp³-hybridized carbons (Fsp3) is 0.909. The molecule has 0 radical (unpaired) electrons. The molecule has 1 aliphatic heterocycles. The number of aliphatic hydroxyl groups excluding tert-OH is 1. The fourth-order valence-corrected chi connectivity index (χ4v) is 1.74. The van der Waals surface area contributed by atoms with E-state index in [-0.39, 0.29) is 24.5 Å². The average molecular weight is 230 g/mol. The first kappa shape index (κ1) is 13.4. The number of ether oxygens (including phenoxy) is 1. The zero-order valence-corrected chi connectivity index (χ0v) is 10.2. The van der Waals surface area contributed by atoms with Gasteiger partial charge in [0.1, 0.15) is 0 Å². The molecule has 2 unspecified atom stereocenters. The maximum Gasteiger partial charge on any atom is 0.227 e. The first-order chi connectivity index (χ1) is 7.50. The molecule has 0 bridgehead atoms. The van der Waals surface area contributed by atoms with Crippen molar-refractivity contribution in [3.05, 3.63) is 0 Å². The molecule has 3 N–H and O–H groups in total. The molecule has 16 heavy (non-hydrogen) atoms. The molecule has 0 aromatic rings. The van der Waals surface area contributed by atoms with Crippen molar-refractivity contribution in [1.82, 2.24) is 10.6 Å². The number of amides is 1. The maximum atomic E-state index is 12.0. The summed E-state index contributed by atoms with van der Waals surface area (Å²) in [6.07, 6.45) is 0. The number of nitrogens with one attached hydrogen (secondary N) is 2. The van der Waals surface area contributed by atoms with Gasteiger partial charge in [0.05, 0.1) is 31.3 Å². The van der Waals surface area contributed by atoms with Crippen LogP contribution in [0.5, 0.6) is 0 Å². The van der Waals surface area contributed by atoms with Crippen LogP contribution in [0, 0.1) is 5.92 Å². The summed E-state index contributed by atoms with van der Waals surface area (Å²) >= 11 is 0. The lowest BCUT2D eigenvalue weighted by Gasteiger charge is -2.27. The van der Waals surface area contributed by atoms with E-state index in [1.54, 1.807) is 13.8 Å². The lowest BCUT2D eigenvalue weighted by atomic mass is 9.99. The smallest absolute Gasteiger partial charge is 0.227 e. The Labute approximate surface area is 96.6 Å². The van der Waals surface area contributed by atoms with E-state index < -0.39 is 5.54 Å². The third-order valence-electron chi connectivity index (χ3n) is 2.74. The van der Waals surface area contributed by atoms with Gasteiger partial charge in [-0.05, 0) is 20.4 Å². The molecular weight excluding hydrogens is 208 g/mol. The van der Waals surface area contributed by atoms with E-state index >= 15 is 0 Å². The minimum atomic E-state index is -0.573. The van der Waals surface area contributed by atoms with Gasteiger partial charge in [0.25, 0.3) is 0 Å². The summed E-state index contributed by atoms with van der Waals surface area (Å²) in [6, 6.07) is 0.0829. The van der Waals surface area contributed by atoms with Crippen LogP contribution in [0.1, 0.15) is 20.8 Å². The van der Waals surface area contributed by atoms with Crippen molar-refractivity contribution in [2.45, 2.75) is 32.4 Å². The highest BCUT2D eigenvalue weighted by Crippen LogP contribution is 2.15. The Bertz CT molecular complexity index is 243. The summed E-state index contributed by atoms with van der Waals surface area (Å²) in [5.41, 5.74) is -0.573. The van der Waals surface area contributed by atoms with Crippen LogP contribution in [0.25, 0.3) is 0 Å². The van der Waals surface area contributed by atoms with Crippen molar-refractivity contribution < 1.29 is 14.6 Å². The van der Waals surface area contributed by atoms with Crippen LogP contribution >= 0.6 is 0 Å². The minimum absolute atomic E-state index is 0.0532. The maximum absolute atomic E-state index is 12.0. The summed E-state index contributed by atoms with van der Waals surface area (Å²) in [5.74, 6) is -0.215. The molecular formula is C11H22N2O3. The van der Waals surface area contributed by atoms with E-state index in [2.05, 4.69) is 10.6 Å². The molecule has 0 aromatic heterocycles. The van der Waals surface area contributed by atoms with Crippen LogP contribution in [0.3, 0.4) is 0 Å². The molecule has 1 aliphatic rings. The highest BCUT2D eigenvalue weighted by Gasteiger charge is 2.35. The monoisotopic (exact) mass is 230 g/mol. The molecule has 0 saturated carbocycles. The molecule has 1 amide bonds. The normalized spacial score (nSPS) is 25.8. The van der Waals surface area contributed by atoms with E-state index in [1.807, 2.05) is 6.92 Å². The Balaban J connectivity index is 2.53. The third kappa shape index (κ3) is 3.43. The molecule has 1 rings (SSSR count). The summed E-state index contributed by atoms with van der Waals surface area (Å²) in [7, 11) is 0. The van der Waals surface area contributed by atoms with Crippen LogP contribution < -0.4 is 10.6 Å².